The number of anilines is 2. The fourth-order valence-corrected chi connectivity index (χ4v) is 4.20. The first-order valence-electron chi connectivity index (χ1n) is 8.80. The number of nitrogens with one attached hydrogen (secondary N) is 1. The molecule has 0 spiro atoms. The van der Waals surface area contributed by atoms with E-state index in [2.05, 4.69) is 17.2 Å². The van der Waals surface area contributed by atoms with Crippen LogP contribution < -0.4 is 10.2 Å². The van der Waals surface area contributed by atoms with Gasteiger partial charge < -0.3 is 15.1 Å². The number of hydrogen-bond acceptors (Lipinski definition) is 5. The van der Waals surface area contributed by atoms with Gasteiger partial charge in [-0.25, -0.2) is 9.37 Å². The third kappa shape index (κ3) is 4.10. The van der Waals surface area contributed by atoms with Crippen molar-refractivity contribution in [1.29, 1.82) is 0 Å². The molecular formula is C19H23FN4O2S. The van der Waals surface area contributed by atoms with Crippen LogP contribution >= 0.6 is 11.3 Å². The van der Waals surface area contributed by atoms with E-state index in [4.69, 9.17) is 0 Å². The molecule has 0 aliphatic carbocycles. The number of carbonyl (C=O) groups is 2. The molecule has 2 heterocycles. The molecule has 1 aliphatic rings. The topological polar surface area (TPSA) is 65.5 Å². The monoisotopic (exact) mass is 390 g/mol. The molecule has 3 rings (SSSR count). The Balaban J connectivity index is 1.73. The smallest absolute Gasteiger partial charge is 0.265 e. The molecule has 144 valence electrons. The number of amides is 2. The Morgan fingerprint density at radius 2 is 2.15 bits per heavy atom. The largest absolute Gasteiger partial charge is 0.359 e. The molecule has 0 saturated carbocycles. The predicted molar refractivity (Wildman–Crippen MR) is 105 cm³/mol. The van der Waals surface area contributed by atoms with Crippen molar-refractivity contribution in [3.05, 3.63) is 40.2 Å². The summed E-state index contributed by atoms with van der Waals surface area (Å²) in [4.78, 5) is 33.0. The van der Waals surface area contributed by atoms with Gasteiger partial charge in [0.25, 0.3) is 5.91 Å². The van der Waals surface area contributed by atoms with Crippen LogP contribution in [0.2, 0.25) is 0 Å². The number of hydrogen-bond donors (Lipinski definition) is 1. The molecule has 0 fully saturated rings. The number of rotatable bonds is 4. The van der Waals surface area contributed by atoms with Gasteiger partial charge >= 0.3 is 0 Å². The van der Waals surface area contributed by atoms with Crippen molar-refractivity contribution in [1.82, 2.24) is 9.88 Å². The molecule has 1 aromatic carbocycles. The van der Waals surface area contributed by atoms with Crippen LogP contribution in [0.5, 0.6) is 0 Å². The lowest BCUT2D eigenvalue weighted by Crippen LogP contribution is -2.42. The highest BCUT2D eigenvalue weighted by molar-refractivity contribution is 7.17. The van der Waals surface area contributed by atoms with Crippen LogP contribution in [0.4, 0.5) is 15.2 Å². The summed E-state index contributed by atoms with van der Waals surface area (Å²) in [5, 5.41) is 3.20. The number of halogens is 1. The Hall–Kier alpha value is -2.48. The summed E-state index contributed by atoms with van der Waals surface area (Å²) in [6.45, 7) is 3.96. The molecule has 27 heavy (non-hydrogen) atoms. The zero-order valence-corrected chi connectivity index (χ0v) is 16.7. The molecule has 1 N–H and O–H groups in total. The van der Waals surface area contributed by atoms with E-state index < -0.39 is 0 Å². The van der Waals surface area contributed by atoms with E-state index in [0.717, 1.165) is 24.1 Å². The van der Waals surface area contributed by atoms with Gasteiger partial charge in [0.05, 0.1) is 12.2 Å². The average molecular weight is 390 g/mol. The van der Waals surface area contributed by atoms with Crippen molar-refractivity contribution >= 4 is 34.0 Å². The molecule has 1 aromatic heterocycles. The molecule has 2 amide bonds. The zero-order chi connectivity index (χ0) is 19.7. The average Bonchev–Trinajstić information content (AvgIpc) is 2.96. The third-order valence-electron chi connectivity index (χ3n) is 4.67. The van der Waals surface area contributed by atoms with Crippen LogP contribution in [0.3, 0.4) is 0 Å². The zero-order valence-electron chi connectivity index (χ0n) is 15.9. The Kier molecular flexibility index (Phi) is 5.46. The Bertz CT molecular complexity index is 881. The first-order valence-corrected chi connectivity index (χ1v) is 9.62. The molecule has 1 unspecified atom stereocenters. The van der Waals surface area contributed by atoms with E-state index in [0.29, 0.717) is 15.7 Å². The summed E-state index contributed by atoms with van der Waals surface area (Å²) in [6.07, 6.45) is 1.66. The molecule has 0 saturated heterocycles. The summed E-state index contributed by atoms with van der Waals surface area (Å²) in [5.74, 6) is -0.605. The Morgan fingerprint density at radius 1 is 1.41 bits per heavy atom. The minimum atomic E-state index is -0.260. The second kappa shape index (κ2) is 7.64. The second-order valence-electron chi connectivity index (χ2n) is 6.97. The highest BCUT2D eigenvalue weighted by Gasteiger charge is 2.26. The lowest BCUT2D eigenvalue weighted by molar-refractivity contribution is -0.115. The van der Waals surface area contributed by atoms with Crippen LogP contribution in [0.15, 0.2) is 18.2 Å². The molecule has 0 bridgehead atoms. The highest BCUT2D eigenvalue weighted by Crippen LogP contribution is 2.31. The molecule has 1 aliphatic heterocycles. The first kappa shape index (κ1) is 19.3. The van der Waals surface area contributed by atoms with Crippen LogP contribution in [0.25, 0.3) is 0 Å². The van der Waals surface area contributed by atoms with Crippen molar-refractivity contribution < 1.29 is 14.0 Å². The number of carbonyl (C=O) groups excluding carboxylic acids is 2. The van der Waals surface area contributed by atoms with Gasteiger partial charge in [0, 0.05) is 25.8 Å². The molecule has 1 atom stereocenters. The summed E-state index contributed by atoms with van der Waals surface area (Å²) < 4.78 is 13.5. The van der Waals surface area contributed by atoms with Crippen LogP contribution in [0, 0.1) is 12.7 Å². The third-order valence-corrected chi connectivity index (χ3v) is 5.73. The number of aromatic nitrogens is 1. The standard InChI is InChI=1S/C19H23FN4O2S/c1-11-5-6-13-9-14(20)7-8-15(13)24(11)10-16(25)22-19-21-12(2)17(27-19)18(26)23(3)4/h7-9,11H,5-6,10H2,1-4H3,(H,21,22,25). The lowest BCUT2D eigenvalue weighted by Gasteiger charge is -2.36. The predicted octanol–water partition coefficient (Wildman–Crippen LogP) is 3.07. The van der Waals surface area contributed by atoms with Crippen LogP contribution in [-0.4, -0.2) is 48.4 Å². The molecule has 8 heteroatoms. The maximum Gasteiger partial charge on any atom is 0.265 e. The number of fused-ring (bicyclic) bond motifs is 1. The van der Waals surface area contributed by atoms with Gasteiger partial charge in [-0.15, -0.1) is 0 Å². The fraction of sp³-hybridized carbons (Fsp3) is 0.421. The molecule has 6 nitrogen and oxygen atoms in total. The van der Waals surface area contributed by atoms with E-state index in [-0.39, 0.29) is 30.2 Å². The second-order valence-corrected chi connectivity index (χ2v) is 7.97. The Morgan fingerprint density at radius 3 is 2.85 bits per heavy atom. The van der Waals surface area contributed by atoms with Gasteiger partial charge in [-0.05, 0) is 50.5 Å². The van der Waals surface area contributed by atoms with Crippen molar-refractivity contribution in [3.63, 3.8) is 0 Å². The number of aryl methyl sites for hydroxylation is 2. The van der Waals surface area contributed by atoms with E-state index in [1.165, 1.54) is 28.4 Å². The van der Waals surface area contributed by atoms with Crippen molar-refractivity contribution in [3.8, 4) is 0 Å². The normalized spacial score (nSPS) is 16.0. The van der Waals surface area contributed by atoms with Gasteiger partial charge in [-0.2, -0.15) is 0 Å². The van der Waals surface area contributed by atoms with E-state index in [1.54, 1.807) is 27.1 Å². The van der Waals surface area contributed by atoms with E-state index in [9.17, 15) is 14.0 Å². The van der Waals surface area contributed by atoms with Crippen LogP contribution in [0.1, 0.15) is 34.3 Å². The van der Waals surface area contributed by atoms with Crippen molar-refractivity contribution in [2.45, 2.75) is 32.7 Å². The van der Waals surface area contributed by atoms with Gasteiger partial charge in [0.1, 0.15) is 10.7 Å². The fourth-order valence-electron chi connectivity index (χ4n) is 3.20. The van der Waals surface area contributed by atoms with Gasteiger partial charge in [0.2, 0.25) is 5.91 Å². The number of thiazole rings is 1. The first-order chi connectivity index (χ1) is 12.8. The van der Waals surface area contributed by atoms with Crippen molar-refractivity contribution in [2.75, 3.05) is 30.9 Å². The lowest BCUT2D eigenvalue weighted by atomic mass is 9.96. The van der Waals surface area contributed by atoms with Gasteiger partial charge in [-0.3, -0.25) is 9.59 Å². The minimum absolute atomic E-state index is 0.133. The summed E-state index contributed by atoms with van der Waals surface area (Å²) >= 11 is 1.17. The molecule has 0 radical (unpaired) electrons. The Labute approximate surface area is 162 Å². The molecular weight excluding hydrogens is 367 g/mol. The number of nitrogens with zero attached hydrogens (tertiary/aromatic N) is 3. The highest BCUT2D eigenvalue weighted by atomic mass is 32.1. The van der Waals surface area contributed by atoms with Gasteiger partial charge in [0.15, 0.2) is 5.13 Å². The maximum atomic E-state index is 13.5. The SMILES string of the molecule is Cc1nc(NC(=O)CN2c3ccc(F)cc3CCC2C)sc1C(=O)N(C)C. The maximum absolute atomic E-state index is 13.5. The number of benzene rings is 1. The summed E-state index contributed by atoms with van der Waals surface area (Å²) in [7, 11) is 3.36. The van der Waals surface area contributed by atoms with E-state index >= 15 is 0 Å². The quantitative estimate of drug-likeness (QED) is 0.871. The van der Waals surface area contributed by atoms with Gasteiger partial charge in [-0.1, -0.05) is 11.3 Å². The van der Waals surface area contributed by atoms with E-state index in [1.807, 2.05) is 4.90 Å². The summed E-state index contributed by atoms with van der Waals surface area (Å²) in [5.41, 5.74) is 2.41. The van der Waals surface area contributed by atoms with Crippen molar-refractivity contribution in [2.24, 2.45) is 0 Å². The molecule has 2 aromatic rings. The summed E-state index contributed by atoms with van der Waals surface area (Å²) in [6, 6.07) is 4.87. The van der Waals surface area contributed by atoms with Crippen LogP contribution in [-0.2, 0) is 11.2 Å². The minimum Gasteiger partial charge on any atom is -0.359 e.